The summed E-state index contributed by atoms with van der Waals surface area (Å²) in [6, 6.07) is 0. The van der Waals surface area contributed by atoms with Gasteiger partial charge in [-0.3, -0.25) is 0 Å². The van der Waals surface area contributed by atoms with Crippen molar-refractivity contribution in [2.75, 3.05) is 7.11 Å². The van der Waals surface area contributed by atoms with Gasteiger partial charge in [0.25, 0.3) is 0 Å². The van der Waals surface area contributed by atoms with Crippen molar-refractivity contribution in [2.45, 2.75) is 66.3 Å². The average Bonchev–Trinajstić information content (AvgIpc) is 2.43. The Labute approximate surface area is 95.3 Å². The largest absolute Gasteiger partial charge is 0.381 e. The van der Waals surface area contributed by atoms with E-state index >= 15 is 0 Å². The van der Waals surface area contributed by atoms with Crippen molar-refractivity contribution in [2.24, 2.45) is 11.8 Å². The molecule has 2 nitrogen and oxygen atoms in total. The van der Waals surface area contributed by atoms with Gasteiger partial charge < -0.3 is 9.47 Å². The minimum atomic E-state index is 0.403. The minimum Gasteiger partial charge on any atom is -0.381 e. The van der Waals surface area contributed by atoms with Gasteiger partial charge in [0, 0.05) is 7.11 Å². The summed E-state index contributed by atoms with van der Waals surface area (Å²) in [5, 5.41) is 0. The maximum absolute atomic E-state index is 5.47. The van der Waals surface area contributed by atoms with Gasteiger partial charge in [0.15, 0.2) is 0 Å². The molecule has 15 heavy (non-hydrogen) atoms. The Kier molecular flexibility index (Phi) is 7.20. The van der Waals surface area contributed by atoms with E-state index in [4.69, 9.17) is 9.47 Å². The van der Waals surface area contributed by atoms with Gasteiger partial charge in [0.1, 0.15) is 0 Å². The topological polar surface area (TPSA) is 18.5 Å². The molecule has 0 aromatic carbocycles. The fourth-order valence-corrected chi connectivity index (χ4v) is 1.54. The number of methoxy groups -OCH3 is 1. The zero-order valence-electron chi connectivity index (χ0n) is 11.4. The van der Waals surface area contributed by atoms with E-state index in [1.54, 1.807) is 7.11 Å². The molecule has 1 heterocycles. The second-order valence-electron chi connectivity index (χ2n) is 5.05. The van der Waals surface area contributed by atoms with Crippen molar-refractivity contribution in [3.05, 3.63) is 0 Å². The minimum absolute atomic E-state index is 0.403. The fourth-order valence-electron chi connectivity index (χ4n) is 1.54. The summed E-state index contributed by atoms with van der Waals surface area (Å²) in [6.07, 6.45) is 2.63. The van der Waals surface area contributed by atoms with Gasteiger partial charge in [-0.25, -0.2) is 0 Å². The number of hydrogen-bond donors (Lipinski definition) is 0. The monoisotopic (exact) mass is 216 g/mol. The van der Waals surface area contributed by atoms with Crippen LogP contribution in [0.3, 0.4) is 0 Å². The molecule has 1 saturated heterocycles. The molecule has 0 spiro atoms. The van der Waals surface area contributed by atoms with E-state index in [0.717, 1.165) is 5.92 Å². The van der Waals surface area contributed by atoms with Gasteiger partial charge in [0.05, 0.1) is 18.3 Å². The van der Waals surface area contributed by atoms with Crippen molar-refractivity contribution in [3.8, 4) is 0 Å². The first kappa shape index (κ1) is 14.9. The third kappa shape index (κ3) is 6.16. The molecule has 0 aromatic rings. The molecule has 0 radical (unpaired) electrons. The lowest BCUT2D eigenvalue weighted by Crippen LogP contribution is -2.11. The molecule has 1 fully saturated rings. The predicted molar refractivity (Wildman–Crippen MR) is 65.1 cm³/mol. The summed E-state index contributed by atoms with van der Waals surface area (Å²) < 4.78 is 10.5. The highest BCUT2D eigenvalue weighted by Gasteiger charge is 2.24. The molecule has 0 amide bonds. The normalized spacial score (nSPS) is 32.4. The van der Waals surface area contributed by atoms with Gasteiger partial charge in [-0.1, -0.05) is 20.8 Å². The summed E-state index contributed by atoms with van der Waals surface area (Å²) in [4.78, 5) is 0. The first-order valence-corrected chi connectivity index (χ1v) is 6.06. The van der Waals surface area contributed by atoms with Crippen LogP contribution in [-0.4, -0.2) is 25.4 Å². The quantitative estimate of drug-likeness (QED) is 0.703. The highest BCUT2D eigenvalue weighted by atomic mass is 16.5. The Morgan fingerprint density at radius 2 is 1.67 bits per heavy atom. The zero-order chi connectivity index (χ0) is 12.0. The van der Waals surface area contributed by atoms with Gasteiger partial charge in [0.2, 0.25) is 0 Å². The van der Waals surface area contributed by atoms with E-state index in [9.17, 15) is 0 Å². The van der Waals surface area contributed by atoms with Crippen LogP contribution in [0.15, 0.2) is 0 Å². The Hall–Kier alpha value is -0.0800. The molecular formula is C13H28O2. The van der Waals surface area contributed by atoms with Crippen molar-refractivity contribution in [1.82, 2.24) is 0 Å². The second kappa shape index (κ2) is 7.24. The van der Waals surface area contributed by atoms with Crippen LogP contribution in [0, 0.1) is 11.8 Å². The van der Waals surface area contributed by atoms with E-state index in [-0.39, 0.29) is 0 Å². The van der Waals surface area contributed by atoms with Crippen molar-refractivity contribution < 1.29 is 9.47 Å². The van der Waals surface area contributed by atoms with Crippen LogP contribution in [0.5, 0.6) is 0 Å². The molecule has 0 bridgehead atoms. The van der Waals surface area contributed by atoms with Crippen LogP contribution in [0.1, 0.15) is 48.0 Å². The molecule has 1 rings (SSSR count). The van der Waals surface area contributed by atoms with Gasteiger partial charge in [-0.15, -0.1) is 0 Å². The molecule has 4 unspecified atom stereocenters. The van der Waals surface area contributed by atoms with Crippen LogP contribution in [-0.2, 0) is 9.47 Å². The third-order valence-corrected chi connectivity index (χ3v) is 3.26. The highest BCUT2D eigenvalue weighted by Crippen LogP contribution is 2.24. The lowest BCUT2D eigenvalue weighted by Gasteiger charge is -2.11. The Bertz CT molecular complexity index is 147. The molecule has 0 saturated carbocycles. The molecule has 2 heteroatoms. The SMILES string of the molecule is CC1CC(C)C(C)O1.COC(C)C(C)C. The number of hydrogen-bond acceptors (Lipinski definition) is 2. The lowest BCUT2D eigenvalue weighted by atomic mass is 10.0. The van der Waals surface area contributed by atoms with Gasteiger partial charge in [-0.2, -0.15) is 0 Å². The maximum Gasteiger partial charge on any atom is 0.0577 e. The smallest absolute Gasteiger partial charge is 0.0577 e. The summed E-state index contributed by atoms with van der Waals surface area (Å²) in [5.41, 5.74) is 0. The molecule has 4 atom stereocenters. The lowest BCUT2D eigenvalue weighted by molar-refractivity contribution is 0.0580. The van der Waals surface area contributed by atoms with E-state index in [1.165, 1.54) is 6.42 Å². The molecule has 0 aromatic heterocycles. The molecule has 0 N–H and O–H groups in total. The standard InChI is InChI=1S/C7H14O.C6H14O/c1-5-4-6(2)8-7(5)3;1-5(2)6(3)7-4/h5-7H,4H2,1-3H3;5-6H,1-4H3. The predicted octanol–water partition coefficient (Wildman–Crippen LogP) is 3.50. The Balaban J connectivity index is 0.000000265. The molecule has 1 aliphatic rings. The second-order valence-corrected chi connectivity index (χ2v) is 5.05. The van der Waals surface area contributed by atoms with Crippen molar-refractivity contribution >= 4 is 0 Å². The molecule has 1 aliphatic heterocycles. The third-order valence-electron chi connectivity index (χ3n) is 3.26. The first-order valence-electron chi connectivity index (χ1n) is 6.06. The van der Waals surface area contributed by atoms with Crippen LogP contribution in [0.2, 0.25) is 0 Å². The summed E-state index contributed by atoms with van der Waals surface area (Å²) in [5.74, 6) is 1.41. The highest BCUT2D eigenvalue weighted by molar-refractivity contribution is 4.72. The summed E-state index contributed by atoms with van der Waals surface area (Å²) in [7, 11) is 1.74. The molecule has 0 aliphatic carbocycles. The van der Waals surface area contributed by atoms with Crippen LogP contribution in [0.25, 0.3) is 0 Å². The molecule has 92 valence electrons. The van der Waals surface area contributed by atoms with Crippen LogP contribution in [0.4, 0.5) is 0 Å². The number of ether oxygens (including phenoxy) is 2. The summed E-state index contributed by atoms with van der Waals surface area (Å²) >= 11 is 0. The maximum atomic E-state index is 5.47. The van der Waals surface area contributed by atoms with E-state index in [1.807, 2.05) is 0 Å². The Morgan fingerprint density at radius 1 is 1.13 bits per heavy atom. The van der Waals surface area contributed by atoms with Crippen molar-refractivity contribution in [3.63, 3.8) is 0 Å². The zero-order valence-corrected chi connectivity index (χ0v) is 11.4. The first-order chi connectivity index (χ1) is 6.88. The number of rotatable bonds is 2. The van der Waals surface area contributed by atoms with Gasteiger partial charge >= 0.3 is 0 Å². The average molecular weight is 216 g/mol. The Morgan fingerprint density at radius 3 is 1.73 bits per heavy atom. The fraction of sp³-hybridized carbons (Fsp3) is 1.00. The van der Waals surface area contributed by atoms with E-state index in [2.05, 4.69) is 41.5 Å². The van der Waals surface area contributed by atoms with Gasteiger partial charge in [-0.05, 0) is 39.0 Å². The molecular weight excluding hydrogens is 188 g/mol. The van der Waals surface area contributed by atoms with E-state index < -0.39 is 0 Å². The van der Waals surface area contributed by atoms with Crippen LogP contribution >= 0.6 is 0 Å². The van der Waals surface area contributed by atoms with Crippen molar-refractivity contribution in [1.29, 1.82) is 0 Å². The summed E-state index contributed by atoms with van der Waals surface area (Å²) in [6.45, 7) is 12.9. The van der Waals surface area contributed by atoms with Crippen LogP contribution < -0.4 is 0 Å². The van der Waals surface area contributed by atoms with E-state index in [0.29, 0.717) is 24.2 Å².